The molecule has 0 aliphatic carbocycles. The quantitative estimate of drug-likeness (QED) is 0.257. The number of rotatable bonds is 8. The molecule has 0 N–H and O–H groups in total. The summed E-state index contributed by atoms with van der Waals surface area (Å²) in [5.41, 5.74) is 1.49. The summed E-state index contributed by atoms with van der Waals surface area (Å²) in [4.78, 5) is 16.0. The highest BCUT2D eigenvalue weighted by atomic mass is 19.3. The van der Waals surface area contributed by atoms with Crippen LogP contribution < -0.4 is 9.47 Å². The van der Waals surface area contributed by atoms with Crippen LogP contribution in [0.1, 0.15) is 46.9 Å². The Bertz CT molecular complexity index is 1390. The minimum atomic E-state index is -3.54. The van der Waals surface area contributed by atoms with Crippen LogP contribution in [0.2, 0.25) is 0 Å². The zero-order valence-corrected chi connectivity index (χ0v) is 20.7. The molecule has 0 aliphatic heterocycles. The third-order valence-corrected chi connectivity index (χ3v) is 5.70. The molecule has 0 atom stereocenters. The molecule has 37 heavy (non-hydrogen) atoms. The number of hydrogen-bond donors (Lipinski definition) is 0. The van der Waals surface area contributed by atoms with Gasteiger partial charge in [-0.3, -0.25) is 0 Å². The maximum Gasteiger partial charge on any atom is 0.337 e. The molecule has 9 heteroatoms. The monoisotopic (exact) mass is 505 g/mol. The zero-order valence-electron chi connectivity index (χ0n) is 20.7. The summed E-state index contributed by atoms with van der Waals surface area (Å²) in [6.07, 6.45) is 1.36. The third kappa shape index (κ3) is 5.40. The zero-order chi connectivity index (χ0) is 26.6. The molecule has 2 aromatic carbocycles. The van der Waals surface area contributed by atoms with Crippen molar-refractivity contribution in [2.45, 2.75) is 25.7 Å². The summed E-state index contributed by atoms with van der Waals surface area (Å²) in [6.45, 7) is 4.07. The van der Waals surface area contributed by atoms with Crippen LogP contribution in [0.4, 0.5) is 8.78 Å². The van der Waals surface area contributed by atoms with E-state index in [4.69, 9.17) is 14.2 Å². The molecular formula is C28H25F2N3O4. The van der Waals surface area contributed by atoms with Gasteiger partial charge in [0.15, 0.2) is 0 Å². The van der Waals surface area contributed by atoms with Crippen molar-refractivity contribution in [3.63, 3.8) is 0 Å². The van der Waals surface area contributed by atoms with E-state index in [1.807, 2.05) is 26.0 Å². The first kappa shape index (κ1) is 25.7. The molecule has 2 heterocycles. The lowest BCUT2D eigenvalue weighted by Crippen LogP contribution is -2.18. The molecule has 2 aromatic heterocycles. The fraction of sp³-hybridized carbons (Fsp3) is 0.214. The predicted molar refractivity (Wildman–Crippen MR) is 133 cm³/mol. The molecule has 0 unspecified atom stereocenters. The number of ether oxygens (including phenoxy) is 3. The first-order chi connectivity index (χ1) is 17.7. The van der Waals surface area contributed by atoms with Crippen LogP contribution in [0.5, 0.6) is 17.4 Å². The number of nitrogens with zero attached hydrogens (tertiary/aromatic N) is 3. The van der Waals surface area contributed by atoms with Gasteiger partial charge in [0.25, 0.3) is 0 Å². The van der Waals surface area contributed by atoms with Crippen molar-refractivity contribution in [3.05, 3.63) is 95.3 Å². The van der Waals surface area contributed by atoms with E-state index in [1.54, 1.807) is 24.3 Å². The van der Waals surface area contributed by atoms with Gasteiger partial charge in [-0.1, -0.05) is 13.8 Å². The van der Waals surface area contributed by atoms with Gasteiger partial charge in [-0.05, 0) is 72.6 Å². The lowest BCUT2D eigenvalue weighted by atomic mass is 9.98. The van der Waals surface area contributed by atoms with E-state index in [9.17, 15) is 4.79 Å². The van der Waals surface area contributed by atoms with Crippen LogP contribution in [0.3, 0.4) is 0 Å². The molecule has 4 aromatic rings. The van der Waals surface area contributed by atoms with E-state index in [1.165, 1.54) is 44.7 Å². The second kappa shape index (κ2) is 10.7. The Labute approximate surface area is 213 Å². The Kier molecular flexibility index (Phi) is 7.42. The number of carbonyl (C=O) groups is 1. The molecular weight excluding hydrogens is 480 g/mol. The summed E-state index contributed by atoms with van der Waals surface area (Å²) in [5.74, 6) is -4.11. The fourth-order valence-corrected chi connectivity index (χ4v) is 3.67. The first-order valence-electron chi connectivity index (χ1n) is 11.5. The number of benzene rings is 2. The number of alkyl halides is 2. The van der Waals surface area contributed by atoms with Crippen LogP contribution >= 0.6 is 0 Å². The Balaban J connectivity index is 1.70. The Morgan fingerprint density at radius 3 is 2.30 bits per heavy atom. The van der Waals surface area contributed by atoms with Crippen LogP contribution in [0.25, 0.3) is 11.3 Å². The van der Waals surface area contributed by atoms with Gasteiger partial charge < -0.3 is 14.2 Å². The Hall–Kier alpha value is -4.40. The molecule has 0 saturated heterocycles. The minimum Gasteiger partial charge on any atom is -0.481 e. The predicted octanol–water partition coefficient (Wildman–Crippen LogP) is 6.39. The number of methoxy groups -OCH3 is 2. The molecule has 0 spiro atoms. The van der Waals surface area contributed by atoms with Crippen LogP contribution in [0.15, 0.2) is 72.9 Å². The number of aromatic nitrogens is 3. The maximum absolute atomic E-state index is 15.8. The average Bonchev–Trinajstić information content (AvgIpc) is 2.93. The summed E-state index contributed by atoms with van der Waals surface area (Å²) >= 11 is 0. The van der Waals surface area contributed by atoms with Gasteiger partial charge in [-0.15, -0.1) is 0 Å². The van der Waals surface area contributed by atoms with Gasteiger partial charge in [0.1, 0.15) is 11.5 Å². The highest BCUT2D eigenvalue weighted by Gasteiger charge is 2.40. The first-order valence-corrected chi connectivity index (χ1v) is 11.5. The van der Waals surface area contributed by atoms with Crippen LogP contribution in [-0.2, 0) is 10.7 Å². The van der Waals surface area contributed by atoms with E-state index >= 15 is 8.78 Å². The molecule has 0 saturated carbocycles. The van der Waals surface area contributed by atoms with Crippen LogP contribution in [0, 0.1) is 0 Å². The average molecular weight is 506 g/mol. The molecule has 0 bridgehead atoms. The molecule has 0 fully saturated rings. The lowest BCUT2D eigenvalue weighted by Gasteiger charge is -2.22. The SMILES string of the molecule is COC(=O)c1ccc(C(F)(F)c2cccnc2OC)c(Oc2ccc(-c3ccc(C(C)C)nn3)cc2)c1. The number of esters is 1. The smallest absolute Gasteiger partial charge is 0.337 e. The van der Waals surface area contributed by atoms with Gasteiger partial charge in [0.2, 0.25) is 5.88 Å². The number of pyridine rings is 1. The van der Waals surface area contributed by atoms with E-state index in [0.29, 0.717) is 5.69 Å². The minimum absolute atomic E-state index is 0.0624. The molecule has 4 rings (SSSR count). The van der Waals surface area contributed by atoms with Crippen LogP contribution in [-0.4, -0.2) is 35.4 Å². The van der Waals surface area contributed by atoms with Crippen molar-refractivity contribution in [1.29, 1.82) is 0 Å². The normalized spacial score (nSPS) is 11.3. The van der Waals surface area contributed by atoms with Gasteiger partial charge >= 0.3 is 11.9 Å². The molecule has 190 valence electrons. The largest absolute Gasteiger partial charge is 0.481 e. The highest BCUT2D eigenvalue weighted by Crippen LogP contribution is 2.45. The van der Waals surface area contributed by atoms with Crippen molar-refractivity contribution < 1.29 is 27.8 Å². The van der Waals surface area contributed by atoms with Crippen molar-refractivity contribution in [3.8, 4) is 28.6 Å². The third-order valence-electron chi connectivity index (χ3n) is 5.70. The van der Waals surface area contributed by atoms with Crippen molar-refractivity contribution in [2.75, 3.05) is 14.2 Å². The lowest BCUT2D eigenvalue weighted by molar-refractivity contribution is 0.0371. The Morgan fingerprint density at radius 2 is 1.68 bits per heavy atom. The summed E-state index contributed by atoms with van der Waals surface area (Å²) in [7, 11) is 2.48. The van der Waals surface area contributed by atoms with E-state index in [2.05, 4.69) is 15.2 Å². The second-order valence-electron chi connectivity index (χ2n) is 8.46. The molecule has 0 amide bonds. The second-order valence-corrected chi connectivity index (χ2v) is 8.46. The topological polar surface area (TPSA) is 83.4 Å². The van der Waals surface area contributed by atoms with Gasteiger partial charge in [-0.25, -0.2) is 9.78 Å². The maximum atomic E-state index is 15.8. The van der Waals surface area contributed by atoms with E-state index in [0.717, 1.165) is 17.3 Å². The van der Waals surface area contributed by atoms with Gasteiger partial charge in [0, 0.05) is 11.8 Å². The van der Waals surface area contributed by atoms with Gasteiger partial charge in [-0.2, -0.15) is 19.0 Å². The van der Waals surface area contributed by atoms with Crippen molar-refractivity contribution >= 4 is 5.97 Å². The standard InChI is InChI=1S/C28H25F2N3O4/c1-17(2)23-13-14-24(33-32-23)18-7-10-20(11-8-18)37-25-16-19(27(34)36-4)9-12-21(25)28(29,30)22-6-5-15-31-26(22)35-3/h5-17H,1-4H3. The number of halogens is 2. The molecule has 7 nitrogen and oxygen atoms in total. The summed E-state index contributed by atoms with van der Waals surface area (Å²) in [5, 5.41) is 8.50. The highest BCUT2D eigenvalue weighted by molar-refractivity contribution is 5.90. The number of carbonyl (C=O) groups excluding carboxylic acids is 1. The van der Waals surface area contributed by atoms with Crippen molar-refractivity contribution in [1.82, 2.24) is 15.2 Å². The van der Waals surface area contributed by atoms with E-state index < -0.39 is 23.0 Å². The Morgan fingerprint density at radius 1 is 0.919 bits per heavy atom. The summed E-state index contributed by atoms with van der Waals surface area (Å²) < 4.78 is 47.2. The van der Waals surface area contributed by atoms with E-state index in [-0.39, 0.29) is 28.9 Å². The number of hydrogen-bond acceptors (Lipinski definition) is 7. The molecule has 0 radical (unpaired) electrons. The molecule has 0 aliphatic rings. The fourth-order valence-electron chi connectivity index (χ4n) is 3.67. The van der Waals surface area contributed by atoms with Crippen molar-refractivity contribution in [2.24, 2.45) is 0 Å². The summed E-state index contributed by atoms with van der Waals surface area (Å²) in [6, 6.07) is 16.8. The van der Waals surface area contributed by atoms with Gasteiger partial charge in [0.05, 0.1) is 42.3 Å².